The summed E-state index contributed by atoms with van der Waals surface area (Å²) in [6.07, 6.45) is 0. The van der Waals surface area contributed by atoms with E-state index in [1.807, 2.05) is 31.2 Å². The molecule has 0 radical (unpaired) electrons. The van der Waals surface area contributed by atoms with Crippen LogP contribution in [0.25, 0.3) is 11.1 Å². The summed E-state index contributed by atoms with van der Waals surface area (Å²) in [7, 11) is 0. The molecule has 0 fully saturated rings. The Bertz CT molecular complexity index is 477. The summed E-state index contributed by atoms with van der Waals surface area (Å²) in [6.45, 7) is 2.04. The van der Waals surface area contributed by atoms with Gasteiger partial charge in [-0.3, -0.25) is 0 Å². The third kappa shape index (κ3) is 2.10. The molecule has 2 heteroatoms. The summed E-state index contributed by atoms with van der Waals surface area (Å²) in [6, 6.07) is 16.3. The van der Waals surface area contributed by atoms with Crippen LogP contribution in [-0.2, 0) is 12.4 Å². The van der Waals surface area contributed by atoms with E-state index in [0.29, 0.717) is 0 Å². The molecule has 0 unspecified atom stereocenters. The maximum absolute atomic E-state index is 4.79. The van der Waals surface area contributed by atoms with Crippen LogP contribution >= 0.6 is 0 Å². The molecule has 0 heterocycles. The first-order chi connectivity index (χ1) is 7.31. The lowest BCUT2D eigenvalue weighted by atomic mass is 10.0. The van der Waals surface area contributed by atoms with Crippen LogP contribution in [0.3, 0.4) is 0 Å². The third-order valence-corrected chi connectivity index (χ3v) is 2.53. The van der Waals surface area contributed by atoms with Crippen molar-refractivity contribution in [3.8, 4) is 11.1 Å². The molecule has 0 aromatic heterocycles. The second-order valence-corrected chi connectivity index (χ2v) is 3.66. The molecule has 2 rings (SSSR count). The van der Waals surface area contributed by atoms with E-state index in [2.05, 4.69) is 28.6 Å². The molecule has 1 nitrogen and oxygen atoms in total. The van der Waals surface area contributed by atoms with Crippen LogP contribution in [0, 0.1) is 6.92 Å². The van der Waals surface area contributed by atoms with Gasteiger partial charge >= 0.3 is 0 Å². The highest BCUT2D eigenvalue weighted by molar-refractivity contribution is 7.47. The summed E-state index contributed by atoms with van der Waals surface area (Å²) < 4.78 is 3.89. The van der Waals surface area contributed by atoms with Crippen LogP contribution in [-0.4, -0.2) is 0 Å². The van der Waals surface area contributed by atoms with Gasteiger partial charge in [0.15, 0.2) is 0 Å². The molecule has 0 aliphatic heterocycles. The minimum Gasteiger partial charge on any atom is -0.181 e. The quantitative estimate of drug-likeness (QED) is 0.733. The molecule has 0 saturated carbocycles. The Hall–Kier alpha value is -1.54. The fourth-order valence-electron chi connectivity index (χ4n) is 1.58. The number of aryl methyl sites for hydroxylation is 1. The van der Waals surface area contributed by atoms with Crippen LogP contribution in [0.4, 0.5) is 5.69 Å². The summed E-state index contributed by atoms with van der Waals surface area (Å²) in [4.78, 5) is 0. The van der Waals surface area contributed by atoms with Crippen molar-refractivity contribution in [2.75, 3.05) is 0 Å². The first-order valence-electron chi connectivity index (χ1n) is 4.80. The van der Waals surface area contributed by atoms with E-state index in [9.17, 15) is 0 Å². The van der Waals surface area contributed by atoms with E-state index < -0.39 is 0 Å². The Morgan fingerprint density at radius 3 is 2.40 bits per heavy atom. The highest BCUT2D eigenvalue weighted by atomic mass is 32.1. The van der Waals surface area contributed by atoms with Crippen molar-refractivity contribution < 1.29 is 0 Å². The first kappa shape index (κ1) is 9.99. The maximum atomic E-state index is 4.79. The van der Waals surface area contributed by atoms with Gasteiger partial charge in [0.05, 0.1) is 5.69 Å². The zero-order valence-corrected chi connectivity index (χ0v) is 9.29. The summed E-state index contributed by atoms with van der Waals surface area (Å²) in [5.74, 6) is 0. The highest BCUT2D eigenvalue weighted by Crippen LogP contribution is 2.30. The fourth-order valence-corrected chi connectivity index (χ4v) is 1.73. The zero-order valence-electron chi connectivity index (χ0n) is 8.47. The Morgan fingerprint density at radius 2 is 1.73 bits per heavy atom. The van der Waals surface area contributed by atoms with Crippen molar-refractivity contribution in [3.63, 3.8) is 0 Å². The smallest absolute Gasteiger partial charge is 0.0850 e. The van der Waals surface area contributed by atoms with Gasteiger partial charge in [-0.1, -0.05) is 42.5 Å². The highest BCUT2D eigenvalue weighted by Gasteiger charge is 2.03. The molecule has 0 aliphatic carbocycles. The maximum Gasteiger partial charge on any atom is 0.0850 e. The number of nitrogens with zero attached hydrogens (tertiary/aromatic N) is 1. The molecule has 0 aliphatic rings. The minimum absolute atomic E-state index is 0.871. The lowest BCUT2D eigenvalue weighted by molar-refractivity contribution is 1.44. The number of hydrogen-bond acceptors (Lipinski definition) is 2. The average molecular weight is 213 g/mol. The molecule has 2 aromatic carbocycles. The lowest BCUT2D eigenvalue weighted by Gasteiger charge is -2.05. The molecular formula is C13H11NS. The third-order valence-electron chi connectivity index (χ3n) is 2.34. The van der Waals surface area contributed by atoms with Crippen molar-refractivity contribution in [2.45, 2.75) is 6.92 Å². The monoisotopic (exact) mass is 213 g/mol. The van der Waals surface area contributed by atoms with Gasteiger partial charge in [-0.05, 0) is 24.1 Å². The van der Waals surface area contributed by atoms with E-state index in [-0.39, 0.29) is 0 Å². The van der Waals surface area contributed by atoms with E-state index >= 15 is 0 Å². The Kier molecular flexibility index (Phi) is 2.88. The lowest BCUT2D eigenvalue weighted by Crippen LogP contribution is -1.79. The van der Waals surface area contributed by atoms with Gasteiger partial charge in [0.2, 0.25) is 0 Å². The van der Waals surface area contributed by atoms with Gasteiger partial charge in [-0.2, -0.15) is 4.36 Å². The second kappa shape index (κ2) is 4.32. The van der Waals surface area contributed by atoms with Crippen molar-refractivity contribution in [3.05, 3.63) is 54.1 Å². The normalized spacial score (nSPS) is 9.93. The summed E-state index contributed by atoms with van der Waals surface area (Å²) in [5.41, 5.74) is 4.30. The largest absolute Gasteiger partial charge is 0.181 e. The number of rotatable bonds is 2. The van der Waals surface area contributed by atoms with Crippen LogP contribution in [0.2, 0.25) is 0 Å². The van der Waals surface area contributed by atoms with Crippen molar-refractivity contribution in [1.82, 2.24) is 0 Å². The van der Waals surface area contributed by atoms with Gasteiger partial charge in [-0.25, -0.2) is 0 Å². The SMILES string of the molecule is Cc1ccc(-c2ccccc2)c(N=S)c1. The van der Waals surface area contributed by atoms with E-state index in [1.165, 1.54) is 5.56 Å². The predicted octanol–water partition coefficient (Wildman–Crippen LogP) is 4.02. The van der Waals surface area contributed by atoms with Crippen LogP contribution in [0.1, 0.15) is 5.56 Å². The Morgan fingerprint density at radius 1 is 1.00 bits per heavy atom. The van der Waals surface area contributed by atoms with E-state index in [4.69, 9.17) is 12.4 Å². The second-order valence-electron chi connectivity index (χ2n) is 3.48. The van der Waals surface area contributed by atoms with E-state index in [0.717, 1.165) is 16.8 Å². The Balaban J connectivity index is 2.58. The summed E-state index contributed by atoms with van der Waals surface area (Å²) in [5, 5.41) is 0. The van der Waals surface area contributed by atoms with Gasteiger partial charge in [-0.15, -0.1) is 0 Å². The minimum atomic E-state index is 0.871. The molecule has 0 N–H and O–H groups in total. The molecular weight excluding hydrogens is 202 g/mol. The molecule has 0 amide bonds. The number of hydrogen-bond donors (Lipinski definition) is 0. The molecule has 0 spiro atoms. The topological polar surface area (TPSA) is 12.4 Å². The zero-order chi connectivity index (χ0) is 10.7. The number of benzene rings is 2. The fraction of sp³-hybridized carbons (Fsp3) is 0.0769. The molecule has 0 bridgehead atoms. The van der Waals surface area contributed by atoms with Crippen molar-refractivity contribution in [2.24, 2.45) is 4.36 Å². The van der Waals surface area contributed by atoms with Crippen molar-refractivity contribution >= 4 is 18.1 Å². The molecule has 0 saturated heterocycles. The molecule has 15 heavy (non-hydrogen) atoms. The Labute approximate surface area is 94.9 Å². The van der Waals surface area contributed by atoms with Gasteiger partial charge in [0.25, 0.3) is 0 Å². The average Bonchev–Trinajstić information content (AvgIpc) is 2.30. The van der Waals surface area contributed by atoms with Crippen LogP contribution < -0.4 is 0 Å². The van der Waals surface area contributed by atoms with E-state index in [1.54, 1.807) is 0 Å². The molecule has 0 atom stereocenters. The summed E-state index contributed by atoms with van der Waals surface area (Å²) >= 11 is 4.79. The van der Waals surface area contributed by atoms with Gasteiger partial charge < -0.3 is 0 Å². The van der Waals surface area contributed by atoms with Gasteiger partial charge in [0, 0.05) is 18.0 Å². The molecule has 2 aromatic rings. The predicted molar refractivity (Wildman–Crippen MR) is 66.1 cm³/mol. The van der Waals surface area contributed by atoms with Crippen LogP contribution in [0.5, 0.6) is 0 Å². The van der Waals surface area contributed by atoms with Crippen LogP contribution in [0.15, 0.2) is 52.9 Å². The first-order valence-corrected chi connectivity index (χ1v) is 5.17. The standard InChI is InChI=1S/C13H11NS/c1-10-7-8-12(13(9-10)14-15)11-5-3-2-4-6-11/h2-9H,1H3. The van der Waals surface area contributed by atoms with Gasteiger partial charge in [0.1, 0.15) is 0 Å². The molecule has 74 valence electrons. The van der Waals surface area contributed by atoms with Crippen molar-refractivity contribution in [1.29, 1.82) is 0 Å².